The molecular formula is C13H23N5. The Hall–Kier alpha value is -1.36. The highest BCUT2D eigenvalue weighted by Gasteiger charge is 2.32. The fraction of sp³-hybridized carbons (Fsp3) is 0.692. The summed E-state index contributed by atoms with van der Waals surface area (Å²) in [6.07, 6.45) is 3.62. The molecule has 2 unspecified atom stereocenters. The maximum Gasteiger partial charge on any atom is 0.148 e. The van der Waals surface area contributed by atoms with E-state index in [4.69, 9.17) is 5.84 Å². The van der Waals surface area contributed by atoms with Crippen molar-refractivity contribution in [3.63, 3.8) is 0 Å². The number of hydrazine groups is 1. The van der Waals surface area contributed by atoms with Crippen LogP contribution >= 0.6 is 0 Å². The van der Waals surface area contributed by atoms with E-state index in [0.29, 0.717) is 12.1 Å². The van der Waals surface area contributed by atoms with E-state index in [1.807, 2.05) is 13.8 Å². The lowest BCUT2D eigenvalue weighted by Gasteiger charge is -2.31. The Kier molecular flexibility index (Phi) is 3.71. The molecule has 0 aromatic carbocycles. The summed E-state index contributed by atoms with van der Waals surface area (Å²) >= 11 is 0. The molecule has 0 amide bonds. The fourth-order valence-electron chi connectivity index (χ4n) is 2.86. The summed E-state index contributed by atoms with van der Waals surface area (Å²) < 4.78 is 0. The first-order valence-electron chi connectivity index (χ1n) is 6.68. The van der Waals surface area contributed by atoms with Gasteiger partial charge in [-0.15, -0.1) is 0 Å². The lowest BCUT2D eigenvalue weighted by molar-refractivity contribution is 0.617. The number of nitrogens with one attached hydrogen (secondary N) is 1. The highest BCUT2D eigenvalue weighted by atomic mass is 15.3. The van der Waals surface area contributed by atoms with Gasteiger partial charge in [0.2, 0.25) is 0 Å². The van der Waals surface area contributed by atoms with Gasteiger partial charge in [0.1, 0.15) is 17.5 Å². The minimum absolute atomic E-state index is 0.536. The Morgan fingerprint density at radius 3 is 2.67 bits per heavy atom. The number of nitrogens with zero attached hydrogens (tertiary/aromatic N) is 3. The van der Waals surface area contributed by atoms with Crippen LogP contribution in [0.25, 0.3) is 0 Å². The minimum atomic E-state index is 0.536. The number of hydrogen-bond donors (Lipinski definition) is 2. The molecule has 1 fully saturated rings. The first-order chi connectivity index (χ1) is 8.58. The Labute approximate surface area is 109 Å². The van der Waals surface area contributed by atoms with E-state index in [1.165, 1.54) is 12.8 Å². The zero-order chi connectivity index (χ0) is 13.3. The average molecular weight is 249 g/mol. The monoisotopic (exact) mass is 249 g/mol. The molecule has 2 heterocycles. The molecule has 5 nitrogen and oxygen atoms in total. The van der Waals surface area contributed by atoms with Gasteiger partial charge >= 0.3 is 0 Å². The summed E-state index contributed by atoms with van der Waals surface area (Å²) in [5.74, 6) is 8.05. The van der Waals surface area contributed by atoms with E-state index in [2.05, 4.69) is 34.1 Å². The minimum Gasteiger partial charge on any atom is -0.351 e. The van der Waals surface area contributed by atoms with Crippen molar-refractivity contribution in [3.8, 4) is 0 Å². The van der Waals surface area contributed by atoms with Gasteiger partial charge in [-0.25, -0.2) is 15.8 Å². The number of aryl methyl sites for hydroxylation is 1. The van der Waals surface area contributed by atoms with E-state index < -0.39 is 0 Å². The number of hydrogen-bond acceptors (Lipinski definition) is 5. The van der Waals surface area contributed by atoms with E-state index in [9.17, 15) is 0 Å². The summed E-state index contributed by atoms with van der Waals surface area (Å²) in [6, 6.07) is 1.12. The number of anilines is 2. The third-order valence-electron chi connectivity index (χ3n) is 3.87. The van der Waals surface area contributed by atoms with Crippen LogP contribution in [0.15, 0.2) is 0 Å². The first kappa shape index (κ1) is 13.1. The molecular weight excluding hydrogens is 226 g/mol. The molecule has 100 valence electrons. The molecule has 2 atom stereocenters. The molecule has 0 bridgehead atoms. The van der Waals surface area contributed by atoms with Crippen LogP contribution in [0.1, 0.15) is 44.5 Å². The van der Waals surface area contributed by atoms with Crippen LogP contribution in [0, 0.1) is 13.8 Å². The van der Waals surface area contributed by atoms with Gasteiger partial charge < -0.3 is 10.3 Å². The average Bonchev–Trinajstić information content (AvgIpc) is 2.73. The van der Waals surface area contributed by atoms with E-state index >= 15 is 0 Å². The van der Waals surface area contributed by atoms with Crippen molar-refractivity contribution in [3.05, 3.63) is 11.4 Å². The van der Waals surface area contributed by atoms with Crippen LogP contribution < -0.4 is 16.2 Å². The standard InChI is InChI=1S/C13H23N5/c1-5-11-7-6-8(2)18(11)13-9(3)12(17-14)15-10(4)16-13/h8,11H,5-7,14H2,1-4H3,(H,15,16,17). The normalized spacial score (nSPS) is 23.5. The second kappa shape index (κ2) is 5.10. The van der Waals surface area contributed by atoms with Crippen molar-refractivity contribution in [2.45, 2.75) is 59.0 Å². The second-order valence-corrected chi connectivity index (χ2v) is 5.11. The summed E-state index contributed by atoms with van der Waals surface area (Å²) in [4.78, 5) is 11.4. The van der Waals surface area contributed by atoms with Crippen LogP contribution in [-0.4, -0.2) is 22.1 Å². The predicted molar refractivity (Wildman–Crippen MR) is 74.6 cm³/mol. The lowest BCUT2D eigenvalue weighted by atomic mass is 10.1. The molecule has 1 aliphatic rings. The maximum absolute atomic E-state index is 5.53. The summed E-state index contributed by atoms with van der Waals surface area (Å²) in [6.45, 7) is 8.44. The molecule has 2 rings (SSSR count). The molecule has 0 saturated carbocycles. The van der Waals surface area contributed by atoms with Gasteiger partial charge in [-0.2, -0.15) is 0 Å². The Balaban J connectivity index is 2.46. The molecule has 5 heteroatoms. The Morgan fingerprint density at radius 2 is 2.06 bits per heavy atom. The van der Waals surface area contributed by atoms with Gasteiger partial charge in [0.15, 0.2) is 0 Å². The Bertz CT molecular complexity index is 432. The fourth-order valence-corrected chi connectivity index (χ4v) is 2.86. The van der Waals surface area contributed by atoms with Gasteiger partial charge in [-0.05, 0) is 40.0 Å². The van der Waals surface area contributed by atoms with Crippen molar-refractivity contribution >= 4 is 11.6 Å². The van der Waals surface area contributed by atoms with Gasteiger partial charge in [0, 0.05) is 17.6 Å². The van der Waals surface area contributed by atoms with Gasteiger partial charge in [-0.1, -0.05) is 6.92 Å². The zero-order valence-electron chi connectivity index (χ0n) is 11.7. The lowest BCUT2D eigenvalue weighted by Crippen LogP contribution is -2.36. The zero-order valence-corrected chi connectivity index (χ0v) is 11.7. The third kappa shape index (κ3) is 2.14. The number of aromatic nitrogens is 2. The van der Waals surface area contributed by atoms with Crippen molar-refractivity contribution in [2.24, 2.45) is 5.84 Å². The molecule has 0 aliphatic carbocycles. The summed E-state index contributed by atoms with van der Waals surface area (Å²) in [5.41, 5.74) is 3.71. The molecule has 18 heavy (non-hydrogen) atoms. The first-order valence-corrected chi connectivity index (χ1v) is 6.68. The molecule has 1 aliphatic heterocycles. The molecule has 3 N–H and O–H groups in total. The van der Waals surface area contributed by atoms with Crippen molar-refractivity contribution in [1.82, 2.24) is 9.97 Å². The molecule has 1 aromatic heterocycles. The van der Waals surface area contributed by atoms with Crippen molar-refractivity contribution < 1.29 is 0 Å². The highest BCUT2D eigenvalue weighted by molar-refractivity contribution is 5.59. The molecule has 1 saturated heterocycles. The third-order valence-corrected chi connectivity index (χ3v) is 3.87. The number of nitrogen functional groups attached to an aromatic ring is 1. The quantitative estimate of drug-likeness (QED) is 0.634. The van der Waals surface area contributed by atoms with Crippen LogP contribution in [-0.2, 0) is 0 Å². The van der Waals surface area contributed by atoms with Crippen LogP contribution in [0.4, 0.5) is 11.6 Å². The Morgan fingerprint density at radius 1 is 1.33 bits per heavy atom. The highest BCUT2D eigenvalue weighted by Crippen LogP contribution is 2.34. The predicted octanol–water partition coefficient (Wildman–Crippen LogP) is 2.15. The molecule has 1 aromatic rings. The SMILES string of the molecule is CCC1CCC(C)N1c1nc(C)nc(NN)c1C. The number of nitrogens with two attached hydrogens (primary N) is 1. The smallest absolute Gasteiger partial charge is 0.148 e. The molecule has 0 radical (unpaired) electrons. The van der Waals surface area contributed by atoms with Crippen LogP contribution in [0.3, 0.4) is 0 Å². The number of rotatable bonds is 3. The molecule has 0 spiro atoms. The largest absolute Gasteiger partial charge is 0.351 e. The van der Waals surface area contributed by atoms with Crippen molar-refractivity contribution in [2.75, 3.05) is 10.3 Å². The maximum atomic E-state index is 5.53. The second-order valence-electron chi connectivity index (χ2n) is 5.11. The van der Waals surface area contributed by atoms with Gasteiger partial charge in [-0.3, -0.25) is 0 Å². The van der Waals surface area contributed by atoms with Gasteiger partial charge in [0.25, 0.3) is 0 Å². The van der Waals surface area contributed by atoms with E-state index in [0.717, 1.165) is 29.4 Å². The topological polar surface area (TPSA) is 67.1 Å². The van der Waals surface area contributed by atoms with Crippen LogP contribution in [0.5, 0.6) is 0 Å². The van der Waals surface area contributed by atoms with Gasteiger partial charge in [0.05, 0.1) is 0 Å². The summed E-state index contributed by atoms with van der Waals surface area (Å²) in [5, 5.41) is 0. The van der Waals surface area contributed by atoms with E-state index in [1.54, 1.807) is 0 Å². The van der Waals surface area contributed by atoms with Crippen LogP contribution in [0.2, 0.25) is 0 Å². The van der Waals surface area contributed by atoms with Crippen molar-refractivity contribution in [1.29, 1.82) is 0 Å². The van der Waals surface area contributed by atoms with E-state index in [-0.39, 0.29) is 0 Å². The summed E-state index contributed by atoms with van der Waals surface area (Å²) in [7, 11) is 0.